The van der Waals surface area contributed by atoms with Crippen LogP contribution in [-0.4, -0.2) is 48.7 Å². The minimum atomic E-state index is 0.0471. The highest BCUT2D eigenvalue weighted by molar-refractivity contribution is 7.99. The van der Waals surface area contributed by atoms with Gasteiger partial charge in [0, 0.05) is 49.7 Å². The normalized spacial score (nSPS) is 17.1. The van der Waals surface area contributed by atoms with Crippen molar-refractivity contribution >= 4 is 23.4 Å². The Morgan fingerprint density at radius 2 is 2.08 bits per heavy atom. The molecule has 5 heteroatoms. The highest BCUT2D eigenvalue weighted by Crippen LogP contribution is 2.26. The van der Waals surface area contributed by atoms with Crippen LogP contribution >= 0.6 is 11.8 Å². The molecular weight excluding hydrogens is 318 g/mol. The van der Waals surface area contributed by atoms with Gasteiger partial charge in [0.15, 0.2) is 0 Å². The molecule has 1 fully saturated rings. The minimum absolute atomic E-state index is 0.0471. The zero-order valence-corrected chi connectivity index (χ0v) is 15.0. The number of anilines is 1. The number of thioether (sulfide) groups is 1. The predicted octanol–water partition coefficient (Wildman–Crippen LogP) is 3.40. The molecule has 1 saturated heterocycles. The van der Waals surface area contributed by atoms with Gasteiger partial charge >= 0.3 is 0 Å². The van der Waals surface area contributed by atoms with Crippen LogP contribution in [0.2, 0.25) is 0 Å². The van der Waals surface area contributed by atoms with E-state index in [-0.39, 0.29) is 5.91 Å². The van der Waals surface area contributed by atoms with E-state index in [1.807, 2.05) is 53.9 Å². The minimum Gasteiger partial charge on any atom is -0.378 e. The fourth-order valence-electron chi connectivity index (χ4n) is 2.86. The van der Waals surface area contributed by atoms with Crippen molar-refractivity contribution in [3.05, 3.63) is 54.4 Å². The first-order chi connectivity index (χ1) is 11.6. The Kier molecular flexibility index (Phi) is 5.41. The van der Waals surface area contributed by atoms with Gasteiger partial charge in [-0.2, -0.15) is 0 Å². The molecule has 1 aromatic carbocycles. The van der Waals surface area contributed by atoms with Gasteiger partial charge in [0.2, 0.25) is 0 Å². The molecule has 3 rings (SSSR count). The molecule has 2 aromatic rings. The summed E-state index contributed by atoms with van der Waals surface area (Å²) < 4.78 is 0. The third-order valence-electron chi connectivity index (χ3n) is 4.28. The van der Waals surface area contributed by atoms with E-state index in [0.717, 1.165) is 31.0 Å². The highest BCUT2D eigenvalue weighted by atomic mass is 32.2. The lowest BCUT2D eigenvalue weighted by Gasteiger charge is -2.18. The third-order valence-corrected chi connectivity index (χ3v) is 5.52. The summed E-state index contributed by atoms with van der Waals surface area (Å²) in [6.45, 7) is 1.65. The van der Waals surface area contributed by atoms with E-state index < -0.39 is 0 Å². The Bertz CT molecular complexity index is 690. The molecule has 0 unspecified atom stereocenters. The summed E-state index contributed by atoms with van der Waals surface area (Å²) in [4.78, 5) is 22.2. The summed E-state index contributed by atoms with van der Waals surface area (Å²) in [5.74, 6) is 1.65. The van der Waals surface area contributed by atoms with Crippen molar-refractivity contribution in [2.75, 3.05) is 37.8 Å². The van der Waals surface area contributed by atoms with Crippen molar-refractivity contribution in [1.82, 2.24) is 9.88 Å². The molecule has 0 radical (unpaired) electrons. The molecule has 1 aromatic heterocycles. The summed E-state index contributed by atoms with van der Waals surface area (Å²) in [7, 11) is 3.94. The Hall–Kier alpha value is -2.01. The maximum atomic E-state index is 12.7. The number of carbonyl (C=O) groups is 1. The van der Waals surface area contributed by atoms with Crippen LogP contribution in [0.25, 0.3) is 0 Å². The Morgan fingerprint density at radius 1 is 1.29 bits per heavy atom. The maximum Gasteiger partial charge on any atom is 0.272 e. The number of hydrogen-bond acceptors (Lipinski definition) is 4. The maximum absolute atomic E-state index is 12.7. The standard InChI is InChI=1S/C19H23N3OS/c1-21(2)16-8-10-20-18(12-16)19(23)22-11-9-15(13-22)14-24-17-6-4-3-5-7-17/h3-8,10,12,15H,9,11,13-14H2,1-2H3/t15-/m0/s1. The molecule has 24 heavy (non-hydrogen) atoms. The zero-order chi connectivity index (χ0) is 16.9. The number of benzene rings is 1. The van der Waals surface area contributed by atoms with Crippen LogP contribution in [0.15, 0.2) is 53.6 Å². The Labute approximate surface area is 147 Å². The highest BCUT2D eigenvalue weighted by Gasteiger charge is 2.27. The summed E-state index contributed by atoms with van der Waals surface area (Å²) in [6.07, 6.45) is 2.78. The zero-order valence-electron chi connectivity index (χ0n) is 14.2. The number of amides is 1. The molecule has 2 heterocycles. The van der Waals surface area contributed by atoms with Gasteiger partial charge in [0.05, 0.1) is 0 Å². The van der Waals surface area contributed by atoms with Crippen LogP contribution in [0.5, 0.6) is 0 Å². The largest absolute Gasteiger partial charge is 0.378 e. The number of likely N-dealkylation sites (tertiary alicyclic amines) is 1. The number of aromatic nitrogens is 1. The second kappa shape index (κ2) is 7.71. The SMILES string of the molecule is CN(C)c1ccnc(C(=O)N2CC[C@H](CSc3ccccc3)C2)c1. The first kappa shape index (κ1) is 16.8. The average Bonchev–Trinajstić information content (AvgIpc) is 3.09. The molecule has 1 amide bonds. The third kappa shape index (κ3) is 4.09. The molecule has 126 valence electrons. The molecule has 0 N–H and O–H groups in total. The molecule has 1 atom stereocenters. The van der Waals surface area contributed by atoms with Crippen LogP contribution in [0.1, 0.15) is 16.9 Å². The first-order valence-corrected chi connectivity index (χ1v) is 9.22. The van der Waals surface area contributed by atoms with Gasteiger partial charge in [0.25, 0.3) is 5.91 Å². The molecule has 0 saturated carbocycles. The summed E-state index contributed by atoms with van der Waals surface area (Å²) in [5, 5.41) is 0. The van der Waals surface area contributed by atoms with E-state index in [4.69, 9.17) is 0 Å². The van der Waals surface area contributed by atoms with Gasteiger partial charge in [-0.1, -0.05) is 18.2 Å². The van der Waals surface area contributed by atoms with Crippen molar-refractivity contribution in [1.29, 1.82) is 0 Å². The van der Waals surface area contributed by atoms with Crippen molar-refractivity contribution in [3.63, 3.8) is 0 Å². The molecule has 0 bridgehead atoms. The lowest BCUT2D eigenvalue weighted by Crippen LogP contribution is -2.29. The molecule has 0 aliphatic carbocycles. The van der Waals surface area contributed by atoms with Gasteiger partial charge < -0.3 is 9.80 Å². The fourth-order valence-corrected chi connectivity index (χ4v) is 3.91. The van der Waals surface area contributed by atoms with Crippen LogP contribution in [0.3, 0.4) is 0 Å². The predicted molar refractivity (Wildman–Crippen MR) is 99.7 cm³/mol. The van der Waals surface area contributed by atoms with Crippen molar-refractivity contribution in [3.8, 4) is 0 Å². The Morgan fingerprint density at radius 3 is 2.83 bits per heavy atom. The number of hydrogen-bond donors (Lipinski definition) is 0. The Balaban J connectivity index is 1.57. The number of carbonyl (C=O) groups excluding carboxylic acids is 1. The number of pyridine rings is 1. The fraction of sp³-hybridized carbons (Fsp3) is 0.368. The van der Waals surface area contributed by atoms with Crippen LogP contribution in [0.4, 0.5) is 5.69 Å². The van der Waals surface area contributed by atoms with Gasteiger partial charge in [-0.25, -0.2) is 0 Å². The van der Waals surface area contributed by atoms with Gasteiger partial charge in [-0.15, -0.1) is 11.8 Å². The smallest absolute Gasteiger partial charge is 0.272 e. The summed E-state index contributed by atoms with van der Waals surface area (Å²) in [6, 6.07) is 14.2. The lowest BCUT2D eigenvalue weighted by molar-refractivity contribution is 0.0782. The van der Waals surface area contributed by atoms with Crippen LogP contribution < -0.4 is 4.90 Å². The van der Waals surface area contributed by atoms with Gasteiger partial charge in [-0.05, 0) is 36.6 Å². The van der Waals surface area contributed by atoms with Gasteiger partial charge in [0.1, 0.15) is 5.69 Å². The van der Waals surface area contributed by atoms with E-state index in [9.17, 15) is 4.79 Å². The molecule has 4 nitrogen and oxygen atoms in total. The number of nitrogens with zero attached hydrogens (tertiary/aromatic N) is 3. The quantitative estimate of drug-likeness (QED) is 0.781. The second-order valence-electron chi connectivity index (χ2n) is 6.32. The molecule has 1 aliphatic heterocycles. The molecule has 0 spiro atoms. The van der Waals surface area contributed by atoms with E-state index in [1.165, 1.54) is 4.90 Å². The van der Waals surface area contributed by atoms with Crippen molar-refractivity contribution < 1.29 is 4.79 Å². The monoisotopic (exact) mass is 341 g/mol. The van der Waals surface area contributed by atoms with Crippen LogP contribution in [-0.2, 0) is 0 Å². The van der Waals surface area contributed by atoms with Crippen molar-refractivity contribution in [2.45, 2.75) is 11.3 Å². The van der Waals surface area contributed by atoms with Crippen molar-refractivity contribution in [2.24, 2.45) is 5.92 Å². The van der Waals surface area contributed by atoms with E-state index in [2.05, 4.69) is 29.2 Å². The summed E-state index contributed by atoms with van der Waals surface area (Å²) >= 11 is 1.87. The topological polar surface area (TPSA) is 36.4 Å². The summed E-state index contributed by atoms with van der Waals surface area (Å²) in [5.41, 5.74) is 1.54. The second-order valence-corrected chi connectivity index (χ2v) is 7.42. The van der Waals surface area contributed by atoms with Gasteiger partial charge in [-0.3, -0.25) is 9.78 Å². The van der Waals surface area contributed by atoms with E-state index >= 15 is 0 Å². The molecule has 1 aliphatic rings. The van der Waals surface area contributed by atoms with Crippen LogP contribution in [0, 0.1) is 5.92 Å². The average molecular weight is 341 g/mol. The van der Waals surface area contributed by atoms with E-state index in [0.29, 0.717) is 11.6 Å². The first-order valence-electron chi connectivity index (χ1n) is 8.24. The molecular formula is C19H23N3OS. The van der Waals surface area contributed by atoms with E-state index in [1.54, 1.807) is 6.20 Å². The number of rotatable bonds is 5. The lowest BCUT2D eigenvalue weighted by atomic mass is 10.2.